The molecule has 1 aliphatic rings. The number of hydrogen-bond acceptors (Lipinski definition) is 1. The summed E-state index contributed by atoms with van der Waals surface area (Å²) in [6.07, 6.45) is 4.02. The summed E-state index contributed by atoms with van der Waals surface area (Å²) < 4.78 is 0. The van der Waals surface area contributed by atoms with E-state index in [0.717, 1.165) is 12.8 Å². The van der Waals surface area contributed by atoms with Crippen molar-refractivity contribution in [2.75, 3.05) is 0 Å². The van der Waals surface area contributed by atoms with Crippen LogP contribution in [-0.2, 0) is 4.79 Å². The summed E-state index contributed by atoms with van der Waals surface area (Å²) in [5.41, 5.74) is 2.53. The van der Waals surface area contributed by atoms with Crippen LogP contribution in [0.15, 0.2) is 35.9 Å². The van der Waals surface area contributed by atoms with Crippen molar-refractivity contribution in [2.45, 2.75) is 33.6 Å². The molecule has 2 atom stereocenters. The first-order chi connectivity index (χ1) is 8.58. The minimum absolute atomic E-state index is 0.126. The molecule has 0 aliphatic heterocycles. The van der Waals surface area contributed by atoms with Crippen LogP contribution in [0.1, 0.15) is 39.2 Å². The molecule has 0 bridgehead atoms. The average molecular weight is 242 g/mol. The van der Waals surface area contributed by atoms with Gasteiger partial charge < -0.3 is 0 Å². The zero-order valence-electron chi connectivity index (χ0n) is 11.5. The second kappa shape index (κ2) is 5.51. The van der Waals surface area contributed by atoms with E-state index in [1.165, 1.54) is 11.1 Å². The van der Waals surface area contributed by atoms with Crippen LogP contribution < -0.4 is 0 Å². The molecule has 1 aromatic rings. The molecule has 18 heavy (non-hydrogen) atoms. The largest absolute Gasteiger partial charge is 0.299 e. The quantitative estimate of drug-likeness (QED) is 0.754. The van der Waals surface area contributed by atoms with Gasteiger partial charge in [-0.15, -0.1) is 0 Å². The summed E-state index contributed by atoms with van der Waals surface area (Å²) in [6.45, 7) is 6.47. The molecule has 0 spiro atoms. The second-order valence-electron chi connectivity index (χ2n) is 5.83. The van der Waals surface area contributed by atoms with Gasteiger partial charge in [-0.1, -0.05) is 62.8 Å². The van der Waals surface area contributed by atoms with Crippen molar-refractivity contribution in [3.05, 3.63) is 41.5 Å². The lowest BCUT2D eigenvalue weighted by atomic mass is 9.72. The minimum Gasteiger partial charge on any atom is -0.299 e. The third-order valence-electron chi connectivity index (χ3n) is 3.70. The maximum absolute atomic E-state index is 12.2. The molecule has 0 radical (unpaired) electrons. The molecular formula is C17H22O. The number of benzene rings is 1. The van der Waals surface area contributed by atoms with Gasteiger partial charge in [0.25, 0.3) is 0 Å². The topological polar surface area (TPSA) is 17.1 Å². The van der Waals surface area contributed by atoms with E-state index < -0.39 is 0 Å². The molecule has 1 fully saturated rings. The summed E-state index contributed by atoms with van der Waals surface area (Å²) in [5, 5.41) is 0. The van der Waals surface area contributed by atoms with Gasteiger partial charge >= 0.3 is 0 Å². The molecule has 1 saturated carbocycles. The van der Waals surface area contributed by atoms with Crippen LogP contribution in [0.5, 0.6) is 0 Å². The smallest absolute Gasteiger partial charge is 0.140 e. The molecule has 0 amide bonds. The van der Waals surface area contributed by atoms with Crippen LogP contribution >= 0.6 is 0 Å². The number of allylic oxidation sites excluding steroid dienone is 1. The van der Waals surface area contributed by atoms with Crippen molar-refractivity contribution in [3.63, 3.8) is 0 Å². The van der Waals surface area contributed by atoms with Crippen molar-refractivity contribution in [2.24, 2.45) is 17.8 Å². The van der Waals surface area contributed by atoms with Gasteiger partial charge in [0.2, 0.25) is 0 Å². The Morgan fingerprint density at radius 1 is 1.17 bits per heavy atom. The van der Waals surface area contributed by atoms with Crippen molar-refractivity contribution >= 4 is 11.9 Å². The summed E-state index contributed by atoms with van der Waals surface area (Å²) in [6, 6.07) is 10.3. The molecule has 1 aliphatic carbocycles. The first kappa shape index (κ1) is 13.1. The Kier molecular flexibility index (Phi) is 4.00. The van der Waals surface area contributed by atoms with Crippen LogP contribution in [0, 0.1) is 17.8 Å². The lowest BCUT2D eigenvalue weighted by Gasteiger charge is -2.31. The van der Waals surface area contributed by atoms with E-state index in [2.05, 4.69) is 39.0 Å². The molecule has 0 saturated heterocycles. The summed E-state index contributed by atoms with van der Waals surface area (Å²) in [7, 11) is 0. The van der Waals surface area contributed by atoms with Crippen LogP contribution in [0.25, 0.3) is 6.08 Å². The maximum Gasteiger partial charge on any atom is 0.140 e. The normalized spacial score (nSPS) is 26.9. The van der Waals surface area contributed by atoms with E-state index in [0.29, 0.717) is 17.6 Å². The van der Waals surface area contributed by atoms with Gasteiger partial charge in [0.1, 0.15) is 5.78 Å². The highest BCUT2D eigenvalue weighted by Crippen LogP contribution is 2.36. The average Bonchev–Trinajstić information content (AvgIpc) is 2.28. The molecule has 2 rings (SSSR count). The molecule has 0 N–H and O–H groups in total. The number of carbonyl (C=O) groups excluding carboxylic acids is 1. The highest BCUT2D eigenvalue weighted by Gasteiger charge is 2.32. The Labute approximate surface area is 110 Å². The monoisotopic (exact) mass is 242 g/mol. The third kappa shape index (κ3) is 2.90. The minimum atomic E-state index is 0.126. The Morgan fingerprint density at radius 2 is 1.83 bits per heavy atom. The van der Waals surface area contributed by atoms with Gasteiger partial charge in [0.05, 0.1) is 0 Å². The van der Waals surface area contributed by atoms with Crippen LogP contribution in [0.4, 0.5) is 0 Å². The van der Waals surface area contributed by atoms with Crippen molar-refractivity contribution in [3.8, 4) is 0 Å². The standard InChI is InChI=1S/C17H22O/c1-12(2)17-15(9-13(3)10-16(17)18)11-14-7-5-4-6-8-14/h4-8,11-13,17H,9-10H2,1-3H3/b15-11+/t13-,17+/m0/s1. The number of Topliss-reactive ketones (excluding diaryl/α,β-unsaturated/α-hetero) is 1. The first-order valence-corrected chi connectivity index (χ1v) is 6.86. The zero-order valence-corrected chi connectivity index (χ0v) is 11.5. The number of hydrogen-bond donors (Lipinski definition) is 0. The Bertz CT molecular complexity index is 442. The molecule has 1 nitrogen and oxygen atoms in total. The van der Waals surface area contributed by atoms with Crippen LogP contribution in [-0.4, -0.2) is 5.78 Å². The molecule has 0 aromatic heterocycles. The van der Waals surface area contributed by atoms with E-state index in [9.17, 15) is 4.79 Å². The van der Waals surface area contributed by atoms with Crippen LogP contribution in [0.3, 0.4) is 0 Å². The number of ketones is 1. The second-order valence-corrected chi connectivity index (χ2v) is 5.83. The highest BCUT2D eigenvalue weighted by atomic mass is 16.1. The summed E-state index contributed by atoms with van der Waals surface area (Å²) in [4.78, 5) is 12.2. The Morgan fingerprint density at radius 3 is 2.44 bits per heavy atom. The zero-order chi connectivity index (χ0) is 13.1. The highest BCUT2D eigenvalue weighted by molar-refractivity contribution is 5.86. The molecule has 1 heteroatoms. The number of rotatable bonds is 2. The van der Waals surface area contributed by atoms with E-state index in [1.54, 1.807) is 0 Å². The molecule has 0 heterocycles. The Balaban J connectivity index is 2.32. The fourth-order valence-electron chi connectivity index (χ4n) is 2.99. The third-order valence-corrected chi connectivity index (χ3v) is 3.70. The van der Waals surface area contributed by atoms with Gasteiger partial charge in [0, 0.05) is 12.3 Å². The Hall–Kier alpha value is -1.37. The lowest BCUT2D eigenvalue weighted by Crippen LogP contribution is -2.29. The molecule has 96 valence electrons. The first-order valence-electron chi connectivity index (χ1n) is 6.86. The van der Waals surface area contributed by atoms with Crippen molar-refractivity contribution in [1.29, 1.82) is 0 Å². The lowest BCUT2D eigenvalue weighted by molar-refractivity contribution is -0.124. The van der Waals surface area contributed by atoms with Gasteiger partial charge in [-0.05, 0) is 23.8 Å². The molecular weight excluding hydrogens is 220 g/mol. The molecule has 1 aromatic carbocycles. The van der Waals surface area contributed by atoms with Gasteiger partial charge in [-0.2, -0.15) is 0 Å². The van der Waals surface area contributed by atoms with E-state index >= 15 is 0 Å². The van der Waals surface area contributed by atoms with E-state index in [-0.39, 0.29) is 5.92 Å². The predicted molar refractivity (Wildman–Crippen MR) is 76.2 cm³/mol. The fraction of sp³-hybridized carbons (Fsp3) is 0.471. The van der Waals surface area contributed by atoms with Crippen molar-refractivity contribution < 1.29 is 4.79 Å². The number of carbonyl (C=O) groups is 1. The fourth-order valence-corrected chi connectivity index (χ4v) is 2.99. The SMILES string of the molecule is CC(C)[C@H]1C(=O)C[C@@H](C)C/C1=C\c1ccccc1. The molecule has 0 unspecified atom stereocenters. The van der Waals surface area contributed by atoms with Gasteiger partial charge in [-0.3, -0.25) is 4.79 Å². The van der Waals surface area contributed by atoms with E-state index in [4.69, 9.17) is 0 Å². The predicted octanol–water partition coefficient (Wildman–Crippen LogP) is 4.34. The maximum atomic E-state index is 12.2. The van der Waals surface area contributed by atoms with Gasteiger partial charge in [-0.25, -0.2) is 0 Å². The van der Waals surface area contributed by atoms with Crippen LogP contribution in [0.2, 0.25) is 0 Å². The summed E-state index contributed by atoms with van der Waals surface area (Å²) in [5.74, 6) is 1.44. The van der Waals surface area contributed by atoms with Crippen molar-refractivity contribution in [1.82, 2.24) is 0 Å². The summed E-state index contributed by atoms with van der Waals surface area (Å²) >= 11 is 0. The van der Waals surface area contributed by atoms with E-state index in [1.807, 2.05) is 18.2 Å². The van der Waals surface area contributed by atoms with Gasteiger partial charge in [0.15, 0.2) is 0 Å².